The van der Waals surface area contributed by atoms with Crippen molar-refractivity contribution in [2.45, 2.75) is 57.2 Å². The molecule has 2 heterocycles. The van der Waals surface area contributed by atoms with Crippen molar-refractivity contribution < 1.29 is 0 Å². The molecule has 3 nitrogen and oxygen atoms in total. The Labute approximate surface area is 106 Å². The van der Waals surface area contributed by atoms with Crippen LogP contribution in [0.2, 0.25) is 0 Å². The molecular formula is C14H27N3. The van der Waals surface area contributed by atoms with Gasteiger partial charge in [-0.3, -0.25) is 9.80 Å². The molecule has 2 aliphatic heterocycles. The minimum atomic E-state index is 0.753. The second-order valence-electron chi connectivity index (χ2n) is 6.10. The molecule has 0 aromatic heterocycles. The van der Waals surface area contributed by atoms with Crippen LogP contribution in [0.5, 0.6) is 0 Å². The highest BCUT2D eigenvalue weighted by atomic mass is 15.3. The molecule has 2 unspecified atom stereocenters. The van der Waals surface area contributed by atoms with Gasteiger partial charge in [-0.2, -0.15) is 0 Å². The molecular weight excluding hydrogens is 210 g/mol. The second-order valence-corrected chi connectivity index (χ2v) is 6.10. The van der Waals surface area contributed by atoms with E-state index in [9.17, 15) is 0 Å². The van der Waals surface area contributed by atoms with E-state index in [1.54, 1.807) is 0 Å². The van der Waals surface area contributed by atoms with Gasteiger partial charge in [0.1, 0.15) is 0 Å². The Morgan fingerprint density at radius 1 is 1.00 bits per heavy atom. The molecule has 0 amide bonds. The zero-order chi connectivity index (χ0) is 11.7. The number of rotatable bonds is 4. The molecule has 1 saturated carbocycles. The first-order valence-electron chi connectivity index (χ1n) is 7.58. The first-order chi connectivity index (χ1) is 8.36. The lowest BCUT2D eigenvalue weighted by Gasteiger charge is -2.37. The van der Waals surface area contributed by atoms with E-state index < -0.39 is 0 Å². The topological polar surface area (TPSA) is 18.5 Å². The Morgan fingerprint density at radius 3 is 2.59 bits per heavy atom. The first kappa shape index (κ1) is 11.9. The van der Waals surface area contributed by atoms with Crippen molar-refractivity contribution in [1.29, 1.82) is 0 Å². The van der Waals surface area contributed by atoms with E-state index in [2.05, 4.69) is 22.0 Å². The Balaban J connectivity index is 1.50. The number of nitrogens with one attached hydrogen (secondary N) is 1. The van der Waals surface area contributed by atoms with Crippen LogP contribution in [0.25, 0.3) is 0 Å². The second kappa shape index (κ2) is 5.25. The standard InChI is InChI=1S/C14H27N3/c1-2-3-12-10-17(9-7-15-12)14-6-8-16(11-14)13-4-5-13/h12-15H,2-11H2,1H3. The summed E-state index contributed by atoms with van der Waals surface area (Å²) in [5.74, 6) is 0. The maximum Gasteiger partial charge on any atom is 0.0236 e. The molecule has 2 atom stereocenters. The van der Waals surface area contributed by atoms with Gasteiger partial charge < -0.3 is 5.32 Å². The van der Waals surface area contributed by atoms with Crippen molar-refractivity contribution in [3.05, 3.63) is 0 Å². The van der Waals surface area contributed by atoms with Gasteiger partial charge in [-0.1, -0.05) is 13.3 Å². The fourth-order valence-corrected chi connectivity index (χ4v) is 3.56. The molecule has 3 aliphatic rings. The smallest absolute Gasteiger partial charge is 0.0236 e. The van der Waals surface area contributed by atoms with E-state index >= 15 is 0 Å². The molecule has 0 aromatic carbocycles. The predicted molar refractivity (Wildman–Crippen MR) is 71.3 cm³/mol. The summed E-state index contributed by atoms with van der Waals surface area (Å²) in [6, 6.07) is 2.58. The van der Waals surface area contributed by atoms with Gasteiger partial charge in [0.2, 0.25) is 0 Å². The van der Waals surface area contributed by atoms with Gasteiger partial charge in [0.15, 0.2) is 0 Å². The van der Waals surface area contributed by atoms with Gasteiger partial charge in [-0.05, 0) is 25.7 Å². The molecule has 1 N–H and O–H groups in total. The summed E-state index contributed by atoms with van der Waals surface area (Å²) >= 11 is 0. The number of hydrogen-bond acceptors (Lipinski definition) is 3. The van der Waals surface area contributed by atoms with Gasteiger partial charge in [0.05, 0.1) is 0 Å². The number of likely N-dealkylation sites (tertiary alicyclic amines) is 1. The third-order valence-electron chi connectivity index (χ3n) is 4.70. The lowest BCUT2D eigenvalue weighted by atomic mass is 10.1. The van der Waals surface area contributed by atoms with Crippen LogP contribution in [-0.2, 0) is 0 Å². The van der Waals surface area contributed by atoms with Gasteiger partial charge in [-0.15, -0.1) is 0 Å². The van der Waals surface area contributed by atoms with Crippen LogP contribution >= 0.6 is 0 Å². The lowest BCUT2D eigenvalue weighted by molar-refractivity contribution is 0.139. The summed E-state index contributed by atoms with van der Waals surface area (Å²) in [5.41, 5.74) is 0. The molecule has 0 bridgehead atoms. The van der Waals surface area contributed by atoms with E-state index in [1.807, 2.05) is 0 Å². The van der Waals surface area contributed by atoms with E-state index in [1.165, 1.54) is 64.8 Å². The third kappa shape index (κ3) is 2.83. The fraction of sp³-hybridized carbons (Fsp3) is 1.00. The highest BCUT2D eigenvalue weighted by Gasteiger charge is 2.37. The largest absolute Gasteiger partial charge is 0.311 e. The minimum absolute atomic E-state index is 0.753. The van der Waals surface area contributed by atoms with Crippen molar-refractivity contribution >= 4 is 0 Å². The summed E-state index contributed by atoms with van der Waals surface area (Å²) in [6.07, 6.45) is 6.99. The predicted octanol–water partition coefficient (Wildman–Crippen LogP) is 1.30. The van der Waals surface area contributed by atoms with E-state index in [-0.39, 0.29) is 0 Å². The monoisotopic (exact) mass is 237 g/mol. The molecule has 3 rings (SSSR count). The average molecular weight is 237 g/mol. The highest BCUT2D eigenvalue weighted by molar-refractivity contribution is 4.94. The van der Waals surface area contributed by atoms with E-state index in [0.29, 0.717) is 0 Å². The van der Waals surface area contributed by atoms with Crippen LogP contribution in [0.1, 0.15) is 39.0 Å². The summed E-state index contributed by atoms with van der Waals surface area (Å²) in [4.78, 5) is 5.50. The zero-order valence-corrected chi connectivity index (χ0v) is 11.2. The lowest BCUT2D eigenvalue weighted by Crippen LogP contribution is -2.54. The molecule has 1 aliphatic carbocycles. The van der Waals surface area contributed by atoms with Gasteiger partial charge >= 0.3 is 0 Å². The number of piperazine rings is 1. The molecule has 3 fully saturated rings. The number of hydrogen-bond donors (Lipinski definition) is 1. The molecule has 98 valence electrons. The van der Waals surface area contributed by atoms with E-state index in [4.69, 9.17) is 0 Å². The average Bonchev–Trinajstić information content (AvgIpc) is 3.08. The fourth-order valence-electron chi connectivity index (χ4n) is 3.56. The van der Waals surface area contributed by atoms with Crippen molar-refractivity contribution in [3.8, 4) is 0 Å². The maximum atomic E-state index is 3.66. The molecule has 2 saturated heterocycles. The van der Waals surface area contributed by atoms with Crippen molar-refractivity contribution in [2.24, 2.45) is 0 Å². The normalized spacial score (nSPS) is 36.5. The van der Waals surface area contributed by atoms with Crippen molar-refractivity contribution in [3.63, 3.8) is 0 Å². The van der Waals surface area contributed by atoms with Gasteiger partial charge in [0.25, 0.3) is 0 Å². The molecule has 0 spiro atoms. The third-order valence-corrected chi connectivity index (χ3v) is 4.70. The minimum Gasteiger partial charge on any atom is -0.311 e. The van der Waals surface area contributed by atoms with Crippen LogP contribution < -0.4 is 5.32 Å². The van der Waals surface area contributed by atoms with Crippen LogP contribution in [0.15, 0.2) is 0 Å². The van der Waals surface area contributed by atoms with Crippen molar-refractivity contribution in [1.82, 2.24) is 15.1 Å². The van der Waals surface area contributed by atoms with Crippen LogP contribution in [0.4, 0.5) is 0 Å². The molecule has 17 heavy (non-hydrogen) atoms. The molecule has 0 radical (unpaired) electrons. The van der Waals surface area contributed by atoms with Gasteiger partial charge in [-0.25, -0.2) is 0 Å². The summed E-state index contributed by atoms with van der Waals surface area (Å²) < 4.78 is 0. The Hall–Kier alpha value is -0.120. The van der Waals surface area contributed by atoms with E-state index in [0.717, 1.165) is 18.1 Å². The van der Waals surface area contributed by atoms with Gasteiger partial charge in [0, 0.05) is 50.8 Å². The Morgan fingerprint density at radius 2 is 1.82 bits per heavy atom. The Kier molecular flexibility index (Phi) is 3.69. The summed E-state index contributed by atoms with van der Waals surface area (Å²) in [5, 5.41) is 3.66. The Bertz CT molecular complexity index is 250. The highest BCUT2D eigenvalue weighted by Crippen LogP contribution is 2.31. The summed E-state index contributed by atoms with van der Waals surface area (Å²) in [6.45, 7) is 8.76. The molecule has 0 aromatic rings. The first-order valence-corrected chi connectivity index (χ1v) is 7.58. The van der Waals surface area contributed by atoms with Crippen molar-refractivity contribution in [2.75, 3.05) is 32.7 Å². The van der Waals surface area contributed by atoms with Crippen LogP contribution in [0, 0.1) is 0 Å². The maximum absolute atomic E-state index is 3.66. The zero-order valence-electron chi connectivity index (χ0n) is 11.2. The molecule has 3 heteroatoms. The summed E-state index contributed by atoms with van der Waals surface area (Å²) in [7, 11) is 0. The van der Waals surface area contributed by atoms with Crippen LogP contribution in [-0.4, -0.2) is 60.6 Å². The SMILES string of the molecule is CCCC1CN(C2CCN(C3CC3)C2)CCN1. The number of nitrogens with zero attached hydrogens (tertiary/aromatic N) is 2. The van der Waals surface area contributed by atoms with Crippen LogP contribution in [0.3, 0.4) is 0 Å². The quantitative estimate of drug-likeness (QED) is 0.795.